The molecule has 6 heteroatoms. The number of aryl methyl sites for hydroxylation is 2. The van der Waals surface area contributed by atoms with Crippen molar-refractivity contribution in [2.24, 2.45) is 0 Å². The topological polar surface area (TPSA) is 58.6 Å². The van der Waals surface area contributed by atoms with Crippen molar-refractivity contribution in [2.45, 2.75) is 38.1 Å². The first-order valence-electron chi connectivity index (χ1n) is 9.62. The standard InChI is InChI=1S/C22H23FN2O3/c1-22(17-7-6-15-4-2-5-16(15)14-17)20(26)25(21(27)24-22)12-3-13-28-19-10-8-18(23)9-11-19/h6-11,14H,2-5,12-13H2,1H3,(H,24,27). The second-order valence-corrected chi connectivity index (χ2v) is 7.50. The van der Waals surface area contributed by atoms with Gasteiger partial charge in [0.05, 0.1) is 6.61 Å². The highest BCUT2D eigenvalue weighted by atomic mass is 19.1. The molecule has 0 bridgehead atoms. The Kier molecular flexibility index (Phi) is 4.79. The summed E-state index contributed by atoms with van der Waals surface area (Å²) >= 11 is 0. The van der Waals surface area contributed by atoms with Gasteiger partial charge in [0.1, 0.15) is 17.1 Å². The first kappa shape index (κ1) is 18.5. The first-order chi connectivity index (χ1) is 13.5. The van der Waals surface area contributed by atoms with Gasteiger partial charge in [-0.1, -0.05) is 18.2 Å². The van der Waals surface area contributed by atoms with E-state index >= 15 is 0 Å². The molecule has 1 aliphatic carbocycles. The van der Waals surface area contributed by atoms with Gasteiger partial charge in [0.2, 0.25) is 0 Å². The molecule has 1 aliphatic heterocycles. The molecule has 146 valence electrons. The average Bonchev–Trinajstić information content (AvgIpc) is 3.24. The number of benzene rings is 2. The molecule has 1 atom stereocenters. The van der Waals surface area contributed by atoms with E-state index in [2.05, 4.69) is 17.4 Å². The molecule has 0 saturated carbocycles. The molecule has 1 N–H and O–H groups in total. The van der Waals surface area contributed by atoms with E-state index in [0.29, 0.717) is 18.8 Å². The lowest BCUT2D eigenvalue weighted by atomic mass is 9.89. The molecule has 2 aromatic carbocycles. The quantitative estimate of drug-likeness (QED) is 0.614. The molecule has 0 spiro atoms. The number of ether oxygens (including phenoxy) is 1. The van der Waals surface area contributed by atoms with Crippen LogP contribution in [-0.2, 0) is 23.2 Å². The fourth-order valence-corrected chi connectivity index (χ4v) is 3.92. The Bertz CT molecular complexity index is 912. The third kappa shape index (κ3) is 3.35. The van der Waals surface area contributed by atoms with Crippen molar-refractivity contribution >= 4 is 11.9 Å². The van der Waals surface area contributed by atoms with E-state index in [1.165, 1.54) is 28.2 Å². The highest BCUT2D eigenvalue weighted by molar-refractivity contribution is 6.07. The Morgan fingerprint density at radius 2 is 1.86 bits per heavy atom. The van der Waals surface area contributed by atoms with Crippen LogP contribution in [0.2, 0.25) is 0 Å². The molecule has 2 aromatic rings. The highest BCUT2D eigenvalue weighted by Crippen LogP contribution is 2.32. The number of amides is 3. The smallest absolute Gasteiger partial charge is 0.325 e. The number of nitrogens with zero attached hydrogens (tertiary/aromatic N) is 1. The van der Waals surface area contributed by atoms with Gasteiger partial charge in [0.25, 0.3) is 5.91 Å². The van der Waals surface area contributed by atoms with E-state index in [9.17, 15) is 14.0 Å². The minimum absolute atomic E-state index is 0.239. The van der Waals surface area contributed by atoms with Crippen molar-refractivity contribution in [3.8, 4) is 5.75 Å². The van der Waals surface area contributed by atoms with E-state index in [0.717, 1.165) is 24.8 Å². The Morgan fingerprint density at radius 1 is 1.11 bits per heavy atom. The first-order valence-corrected chi connectivity index (χ1v) is 9.62. The molecular weight excluding hydrogens is 359 g/mol. The summed E-state index contributed by atoms with van der Waals surface area (Å²) in [4.78, 5) is 26.7. The Hall–Kier alpha value is -2.89. The van der Waals surface area contributed by atoms with Crippen LogP contribution in [-0.4, -0.2) is 30.0 Å². The van der Waals surface area contributed by atoms with Crippen molar-refractivity contribution in [3.05, 3.63) is 65.0 Å². The summed E-state index contributed by atoms with van der Waals surface area (Å²) in [5.41, 5.74) is 2.40. The summed E-state index contributed by atoms with van der Waals surface area (Å²) in [6, 6.07) is 11.5. The number of rotatable bonds is 6. The van der Waals surface area contributed by atoms with Gasteiger partial charge >= 0.3 is 6.03 Å². The summed E-state index contributed by atoms with van der Waals surface area (Å²) < 4.78 is 18.4. The van der Waals surface area contributed by atoms with Crippen LogP contribution in [0.3, 0.4) is 0 Å². The fourth-order valence-electron chi connectivity index (χ4n) is 3.92. The third-order valence-electron chi connectivity index (χ3n) is 5.56. The van der Waals surface area contributed by atoms with Gasteiger partial charge in [0, 0.05) is 6.54 Å². The van der Waals surface area contributed by atoms with E-state index in [1.54, 1.807) is 19.1 Å². The van der Waals surface area contributed by atoms with Crippen LogP contribution in [0.1, 0.15) is 36.5 Å². The Balaban J connectivity index is 1.38. The van der Waals surface area contributed by atoms with E-state index < -0.39 is 5.54 Å². The lowest BCUT2D eigenvalue weighted by molar-refractivity contribution is -0.131. The van der Waals surface area contributed by atoms with Gasteiger partial charge in [-0.05, 0) is 73.6 Å². The molecule has 1 fully saturated rings. The number of imide groups is 1. The summed E-state index contributed by atoms with van der Waals surface area (Å²) in [7, 11) is 0. The molecule has 1 saturated heterocycles. The Labute approximate surface area is 163 Å². The second kappa shape index (κ2) is 7.26. The van der Waals surface area contributed by atoms with Crippen molar-refractivity contribution in [2.75, 3.05) is 13.2 Å². The summed E-state index contributed by atoms with van der Waals surface area (Å²) in [6.07, 6.45) is 3.73. The van der Waals surface area contributed by atoms with Crippen LogP contribution >= 0.6 is 0 Å². The fraction of sp³-hybridized carbons (Fsp3) is 0.364. The van der Waals surface area contributed by atoms with Gasteiger partial charge in [-0.15, -0.1) is 0 Å². The lowest BCUT2D eigenvalue weighted by Crippen LogP contribution is -2.41. The average molecular weight is 382 g/mol. The molecule has 1 unspecified atom stereocenters. The third-order valence-corrected chi connectivity index (χ3v) is 5.56. The predicted octanol–water partition coefficient (Wildman–Crippen LogP) is 3.55. The van der Waals surface area contributed by atoms with Crippen molar-refractivity contribution in [3.63, 3.8) is 0 Å². The van der Waals surface area contributed by atoms with Crippen molar-refractivity contribution in [1.82, 2.24) is 10.2 Å². The maximum absolute atomic E-state index is 13.0. The maximum atomic E-state index is 13.0. The van der Waals surface area contributed by atoms with Crippen molar-refractivity contribution < 1.29 is 18.7 Å². The molecule has 1 heterocycles. The van der Waals surface area contributed by atoms with Gasteiger partial charge in [0.15, 0.2) is 0 Å². The predicted molar refractivity (Wildman–Crippen MR) is 103 cm³/mol. The monoisotopic (exact) mass is 382 g/mol. The number of hydrogen-bond donors (Lipinski definition) is 1. The minimum atomic E-state index is -1.04. The summed E-state index contributed by atoms with van der Waals surface area (Å²) in [5, 5.41) is 2.86. The van der Waals surface area contributed by atoms with Crippen LogP contribution in [0.5, 0.6) is 5.75 Å². The van der Waals surface area contributed by atoms with Gasteiger partial charge in [-0.2, -0.15) is 0 Å². The number of carbonyl (C=O) groups is 2. The van der Waals surface area contributed by atoms with Crippen LogP contribution in [0, 0.1) is 5.82 Å². The Morgan fingerprint density at radius 3 is 2.64 bits per heavy atom. The molecule has 28 heavy (non-hydrogen) atoms. The normalized spacial score (nSPS) is 21.0. The highest BCUT2D eigenvalue weighted by Gasteiger charge is 2.48. The molecule has 0 radical (unpaired) electrons. The van der Waals surface area contributed by atoms with Gasteiger partial charge in [-0.3, -0.25) is 9.69 Å². The second-order valence-electron chi connectivity index (χ2n) is 7.50. The van der Waals surface area contributed by atoms with Crippen LogP contribution in [0.25, 0.3) is 0 Å². The lowest BCUT2D eigenvalue weighted by Gasteiger charge is -2.23. The number of halogens is 1. The van der Waals surface area contributed by atoms with Crippen LogP contribution in [0.4, 0.5) is 9.18 Å². The molecular formula is C22H23FN2O3. The van der Waals surface area contributed by atoms with Gasteiger partial charge < -0.3 is 10.1 Å². The number of nitrogens with one attached hydrogen (secondary N) is 1. The van der Waals surface area contributed by atoms with E-state index in [1.807, 2.05) is 6.07 Å². The van der Waals surface area contributed by atoms with Crippen molar-refractivity contribution in [1.29, 1.82) is 0 Å². The SMILES string of the molecule is CC1(c2ccc3c(c2)CCC3)NC(=O)N(CCCOc2ccc(F)cc2)C1=O. The largest absolute Gasteiger partial charge is 0.494 e. The molecule has 5 nitrogen and oxygen atoms in total. The molecule has 0 aromatic heterocycles. The summed E-state index contributed by atoms with van der Waals surface area (Å²) in [5.74, 6) is -0.00339. The zero-order chi connectivity index (χ0) is 19.7. The number of hydrogen-bond acceptors (Lipinski definition) is 3. The van der Waals surface area contributed by atoms with E-state index in [4.69, 9.17) is 4.74 Å². The zero-order valence-corrected chi connectivity index (χ0v) is 15.8. The van der Waals surface area contributed by atoms with Crippen LogP contribution in [0.15, 0.2) is 42.5 Å². The van der Waals surface area contributed by atoms with E-state index in [-0.39, 0.29) is 24.3 Å². The summed E-state index contributed by atoms with van der Waals surface area (Å²) in [6.45, 7) is 2.36. The number of fused-ring (bicyclic) bond motifs is 1. The molecule has 4 rings (SSSR count). The minimum Gasteiger partial charge on any atom is -0.494 e. The zero-order valence-electron chi connectivity index (χ0n) is 15.8. The van der Waals surface area contributed by atoms with Crippen LogP contribution < -0.4 is 10.1 Å². The number of urea groups is 1. The molecule has 3 amide bonds. The maximum Gasteiger partial charge on any atom is 0.325 e. The molecule has 2 aliphatic rings. The number of carbonyl (C=O) groups excluding carboxylic acids is 2. The van der Waals surface area contributed by atoms with Gasteiger partial charge in [-0.25, -0.2) is 9.18 Å².